The number of nitrogens with zero attached hydrogens (tertiary/aromatic N) is 1. The average Bonchev–Trinajstić information content (AvgIpc) is 2.54. The topological polar surface area (TPSA) is 48.4 Å². The predicted octanol–water partition coefficient (Wildman–Crippen LogP) is 2.42. The van der Waals surface area contributed by atoms with Crippen LogP contribution >= 0.6 is 31.9 Å². The fourth-order valence-corrected chi connectivity index (χ4v) is 2.22. The summed E-state index contributed by atoms with van der Waals surface area (Å²) in [6, 6.07) is 1.58. The van der Waals surface area contributed by atoms with Gasteiger partial charge in [0, 0.05) is 6.20 Å². The Bertz CT molecular complexity index is 410. The van der Waals surface area contributed by atoms with Crippen molar-refractivity contribution in [3.63, 3.8) is 0 Å². The molecule has 1 aromatic rings. The van der Waals surface area contributed by atoms with E-state index in [1.165, 1.54) is 7.11 Å². The molecule has 0 saturated carbocycles. The maximum absolute atomic E-state index is 11.4. The van der Waals surface area contributed by atoms with Gasteiger partial charge in [-0.3, -0.25) is 4.98 Å². The lowest BCUT2D eigenvalue weighted by atomic mass is 10.2. The van der Waals surface area contributed by atoms with Crippen molar-refractivity contribution in [1.29, 1.82) is 0 Å². The molecule has 0 N–H and O–H groups in total. The SMILES string of the molecule is COC(=O)c1ccnc2c1OC(Br)C2Br. The van der Waals surface area contributed by atoms with Crippen molar-refractivity contribution in [3.8, 4) is 5.75 Å². The van der Waals surface area contributed by atoms with Crippen molar-refractivity contribution in [2.75, 3.05) is 7.11 Å². The third-order valence-electron chi connectivity index (χ3n) is 2.06. The van der Waals surface area contributed by atoms with E-state index < -0.39 is 5.97 Å². The van der Waals surface area contributed by atoms with Crippen LogP contribution in [0, 0.1) is 0 Å². The van der Waals surface area contributed by atoms with Gasteiger partial charge in [0.25, 0.3) is 0 Å². The van der Waals surface area contributed by atoms with Crippen molar-refractivity contribution < 1.29 is 14.3 Å². The van der Waals surface area contributed by atoms with Gasteiger partial charge in [0.05, 0.1) is 7.11 Å². The van der Waals surface area contributed by atoms with Crippen molar-refractivity contribution >= 4 is 37.8 Å². The number of alkyl halides is 2. The Labute approximate surface area is 103 Å². The van der Waals surface area contributed by atoms with E-state index in [0.29, 0.717) is 17.0 Å². The second-order valence-electron chi connectivity index (χ2n) is 2.94. The molecule has 6 heteroatoms. The maximum Gasteiger partial charge on any atom is 0.341 e. The zero-order valence-electron chi connectivity index (χ0n) is 7.74. The van der Waals surface area contributed by atoms with Gasteiger partial charge in [-0.25, -0.2) is 4.79 Å². The van der Waals surface area contributed by atoms with Crippen LogP contribution in [0.1, 0.15) is 20.9 Å². The van der Waals surface area contributed by atoms with Gasteiger partial charge in [0.1, 0.15) is 16.1 Å². The van der Waals surface area contributed by atoms with Crippen LogP contribution in [0.3, 0.4) is 0 Å². The number of halogens is 2. The van der Waals surface area contributed by atoms with Crippen molar-refractivity contribution in [2.45, 2.75) is 9.84 Å². The Morgan fingerprint density at radius 1 is 1.60 bits per heavy atom. The molecule has 1 aliphatic rings. The second kappa shape index (κ2) is 4.09. The molecule has 15 heavy (non-hydrogen) atoms. The molecule has 0 aromatic carbocycles. The maximum atomic E-state index is 11.4. The summed E-state index contributed by atoms with van der Waals surface area (Å²) < 4.78 is 10.1. The van der Waals surface area contributed by atoms with Crippen LogP contribution in [0.25, 0.3) is 0 Å². The molecule has 0 spiro atoms. The van der Waals surface area contributed by atoms with E-state index in [0.717, 1.165) is 0 Å². The predicted molar refractivity (Wildman–Crippen MR) is 60.6 cm³/mol. The van der Waals surface area contributed by atoms with Gasteiger partial charge < -0.3 is 9.47 Å². The molecule has 0 bridgehead atoms. The summed E-state index contributed by atoms with van der Waals surface area (Å²) in [4.78, 5) is 15.5. The molecular formula is C9H7Br2NO3. The van der Waals surface area contributed by atoms with Crippen molar-refractivity contribution in [3.05, 3.63) is 23.5 Å². The second-order valence-corrected chi connectivity index (χ2v) is 4.82. The van der Waals surface area contributed by atoms with Crippen LogP contribution in [-0.4, -0.2) is 23.1 Å². The monoisotopic (exact) mass is 335 g/mol. The number of fused-ring (bicyclic) bond motifs is 1. The zero-order valence-corrected chi connectivity index (χ0v) is 10.9. The number of hydrogen-bond acceptors (Lipinski definition) is 4. The van der Waals surface area contributed by atoms with E-state index >= 15 is 0 Å². The first-order chi connectivity index (χ1) is 7.15. The molecular weight excluding hydrogens is 330 g/mol. The summed E-state index contributed by atoms with van der Waals surface area (Å²) >= 11 is 6.75. The molecule has 0 radical (unpaired) electrons. The largest absolute Gasteiger partial charge is 0.475 e. The summed E-state index contributed by atoms with van der Waals surface area (Å²) in [7, 11) is 1.33. The molecule has 0 aliphatic carbocycles. The molecule has 1 aliphatic heterocycles. The van der Waals surface area contributed by atoms with E-state index in [4.69, 9.17) is 4.74 Å². The summed E-state index contributed by atoms with van der Waals surface area (Å²) in [5.41, 5.74) is 1.11. The minimum absolute atomic E-state index is 0.0582. The lowest BCUT2D eigenvalue weighted by molar-refractivity contribution is 0.0596. The first-order valence-electron chi connectivity index (χ1n) is 4.17. The fraction of sp³-hybridized carbons (Fsp3) is 0.333. The van der Waals surface area contributed by atoms with Gasteiger partial charge in [0.15, 0.2) is 10.8 Å². The summed E-state index contributed by atoms with van der Waals surface area (Å²) in [6.45, 7) is 0. The summed E-state index contributed by atoms with van der Waals surface area (Å²) in [5, 5.41) is -0.217. The molecule has 4 nitrogen and oxygen atoms in total. The molecule has 2 rings (SSSR count). The molecule has 0 fully saturated rings. The van der Waals surface area contributed by atoms with Gasteiger partial charge in [-0.1, -0.05) is 15.9 Å². The van der Waals surface area contributed by atoms with Crippen molar-refractivity contribution in [2.24, 2.45) is 0 Å². The van der Waals surface area contributed by atoms with E-state index in [-0.39, 0.29) is 9.84 Å². The van der Waals surface area contributed by atoms with Gasteiger partial charge in [-0.05, 0) is 22.0 Å². The van der Waals surface area contributed by atoms with E-state index in [9.17, 15) is 4.79 Å². The number of methoxy groups -OCH3 is 1. The number of carbonyl (C=O) groups is 1. The van der Waals surface area contributed by atoms with E-state index in [1.54, 1.807) is 12.3 Å². The molecule has 0 amide bonds. The van der Waals surface area contributed by atoms with Crippen LogP contribution in [0.5, 0.6) is 5.75 Å². The van der Waals surface area contributed by atoms with Crippen LogP contribution in [0.15, 0.2) is 12.3 Å². The highest BCUT2D eigenvalue weighted by molar-refractivity contribution is 9.12. The first-order valence-corrected chi connectivity index (χ1v) is 6.00. The quantitative estimate of drug-likeness (QED) is 0.583. The average molecular weight is 337 g/mol. The summed E-state index contributed by atoms with van der Waals surface area (Å²) in [5.74, 6) is 0.0584. The third-order valence-corrected chi connectivity index (χ3v) is 4.40. The molecule has 1 aromatic heterocycles. The smallest absolute Gasteiger partial charge is 0.341 e. The van der Waals surface area contributed by atoms with Crippen LogP contribution in [0.2, 0.25) is 0 Å². The first kappa shape index (κ1) is 10.9. The molecule has 2 unspecified atom stereocenters. The molecule has 80 valence electrons. The summed E-state index contributed by atoms with van der Waals surface area (Å²) in [6.07, 6.45) is 1.56. The minimum atomic E-state index is -0.421. The highest BCUT2D eigenvalue weighted by atomic mass is 79.9. The molecule has 2 atom stereocenters. The Kier molecular flexibility index (Phi) is 2.97. The van der Waals surface area contributed by atoms with Gasteiger partial charge >= 0.3 is 5.97 Å². The zero-order chi connectivity index (χ0) is 11.0. The standard InChI is InChI=1S/C9H7Br2NO3/c1-14-9(13)4-2-3-12-6-5(10)8(11)15-7(4)6/h2-3,5,8H,1H3. The van der Waals surface area contributed by atoms with Gasteiger partial charge in [0.2, 0.25) is 0 Å². The van der Waals surface area contributed by atoms with Crippen LogP contribution < -0.4 is 4.74 Å². The number of rotatable bonds is 1. The molecule has 2 heterocycles. The number of aromatic nitrogens is 1. The lowest BCUT2D eigenvalue weighted by Gasteiger charge is -2.05. The van der Waals surface area contributed by atoms with Crippen molar-refractivity contribution in [1.82, 2.24) is 4.98 Å². The number of hydrogen-bond donors (Lipinski definition) is 0. The Hall–Kier alpha value is -0.620. The normalized spacial score (nSPS) is 23.1. The third kappa shape index (κ3) is 1.76. The highest BCUT2D eigenvalue weighted by Crippen LogP contribution is 2.44. The Morgan fingerprint density at radius 2 is 2.33 bits per heavy atom. The van der Waals surface area contributed by atoms with Gasteiger partial charge in [-0.2, -0.15) is 0 Å². The number of carbonyl (C=O) groups excluding carboxylic acids is 1. The number of esters is 1. The Balaban J connectivity index is 2.49. The van der Waals surface area contributed by atoms with Gasteiger partial charge in [-0.15, -0.1) is 0 Å². The number of ether oxygens (including phenoxy) is 2. The lowest BCUT2D eigenvalue weighted by Crippen LogP contribution is -2.06. The minimum Gasteiger partial charge on any atom is -0.475 e. The van der Waals surface area contributed by atoms with Crippen LogP contribution in [-0.2, 0) is 4.74 Å². The van der Waals surface area contributed by atoms with E-state index in [1.807, 2.05) is 0 Å². The van der Waals surface area contributed by atoms with E-state index in [2.05, 4.69) is 41.6 Å². The molecule has 0 saturated heterocycles. The fourth-order valence-electron chi connectivity index (χ4n) is 1.35. The Morgan fingerprint density at radius 3 is 3.00 bits per heavy atom. The number of pyridine rings is 1. The highest BCUT2D eigenvalue weighted by Gasteiger charge is 2.35. The van der Waals surface area contributed by atoms with Crippen LogP contribution in [0.4, 0.5) is 0 Å².